The van der Waals surface area contributed by atoms with Gasteiger partial charge in [-0.2, -0.15) is 0 Å². The van der Waals surface area contributed by atoms with Gasteiger partial charge in [0, 0.05) is 29.4 Å². The first-order valence-corrected chi connectivity index (χ1v) is 5.95. The highest BCUT2D eigenvalue weighted by Gasteiger charge is 2.15. The topological polar surface area (TPSA) is 53.1 Å². The maximum atomic E-state index is 7.58. The maximum absolute atomic E-state index is 7.58. The summed E-state index contributed by atoms with van der Waals surface area (Å²) in [6, 6.07) is 5.59. The van der Waals surface area contributed by atoms with Crippen molar-refractivity contribution in [3.05, 3.63) is 28.8 Å². The number of nitrogens with two attached hydrogens (primary N) is 1. The number of hydrogen-bond acceptors (Lipinski definition) is 2. The predicted octanol–water partition coefficient (Wildman–Crippen LogP) is 2.61. The molecule has 1 aliphatic rings. The summed E-state index contributed by atoms with van der Waals surface area (Å²) in [7, 11) is 0. The number of nitrogen functional groups attached to an aromatic ring is 1. The van der Waals surface area contributed by atoms with Gasteiger partial charge in [-0.05, 0) is 37.5 Å². The van der Waals surface area contributed by atoms with Crippen LogP contribution in [0, 0.1) is 5.41 Å². The van der Waals surface area contributed by atoms with Gasteiger partial charge in [0.1, 0.15) is 5.84 Å². The van der Waals surface area contributed by atoms with Crippen LogP contribution in [0.5, 0.6) is 0 Å². The third-order valence-corrected chi connectivity index (χ3v) is 3.18. The third-order valence-electron chi connectivity index (χ3n) is 2.95. The first kappa shape index (κ1) is 11.3. The molecule has 16 heavy (non-hydrogen) atoms. The first-order valence-electron chi connectivity index (χ1n) is 5.57. The van der Waals surface area contributed by atoms with Crippen LogP contribution in [0.4, 0.5) is 5.69 Å². The van der Waals surface area contributed by atoms with E-state index in [-0.39, 0.29) is 5.84 Å². The van der Waals surface area contributed by atoms with Gasteiger partial charge in [0.25, 0.3) is 0 Å². The van der Waals surface area contributed by atoms with Crippen LogP contribution >= 0.6 is 11.6 Å². The van der Waals surface area contributed by atoms with Crippen molar-refractivity contribution >= 4 is 23.1 Å². The van der Waals surface area contributed by atoms with Crippen molar-refractivity contribution in [3.63, 3.8) is 0 Å². The average Bonchev–Trinajstić information content (AvgIpc) is 2.30. The molecule has 1 heterocycles. The SMILES string of the molecule is N=C(N)c1cc(Cl)ccc1N1CCCCC1. The number of rotatable bonds is 2. The molecule has 0 spiro atoms. The van der Waals surface area contributed by atoms with E-state index in [9.17, 15) is 0 Å². The normalized spacial score (nSPS) is 16.2. The van der Waals surface area contributed by atoms with E-state index in [1.165, 1.54) is 19.3 Å². The summed E-state index contributed by atoms with van der Waals surface area (Å²) in [5.41, 5.74) is 7.37. The van der Waals surface area contributed by atoms with Gasteiger partial charge in [0.15, 0.2) is 0 Å². The highest BCUT2D eigenvalue weighted by Crippen LogP contribution is 2.26. The lowest BCUT2D eigenvalue weighted by Crippen LogP contribution is -2.31. The second kappa shape index (κ2) is 4.74. The van der Waals surface area contributed by atoms with E-state index in [2.05, 4.69) is 4.90 Å². The Morgan fingerprint density at radius 2 is 1.94 bits per heavy atom. The molecular weight excluding hydrogens is 222 g/mol. The van der Waals surface area contributed by atoms with Crippen LogP contribution in [0.2, 0.25) is 5.02 Å². The molecule has 4 heteroatoms. The van der Waals surface area contributed by atoms with Gasteiger partial charge in [-0.25, -0.2) is 0 Å². The number of hydrogen-bond donors (Lipinski definition) is 2. The number of piperidine rings is 1. The van der Waals surface area contributed by atoms with Crippen LogP contribution in [0.25, 0.3) is 0 Å². The molecule has 1 fully saturated rings. The van der Waals surface area contributed by atoms with E-state index in [0.717, 1.165) is 24.3 Å². The van der Waals surface area contributed by atoms with Crippen molar-refractivity contribution in [1.29, 1.82) is 5.41 Å². The smallest absolute Gasteiger partial charge is 0.124 e. The van der Waals surface area contributed by atoms with E-state index in [1.807, 2.05) is 12.1 Å². The zero-order valence-electron chi connectivity index (χ0n) is 9.17. The molecule has 1 aliphatic heterocycles. The Kier molecular flexibility index (Phi) is 3.34. The van der Waals surface area contributed by atoms with Crippen LogP contribution in [-0.4, -0.2) is 18.9 Å². The molecule has 0 amide bonds. The Balaban J connectivity index is 2.34. The highest BCUT2D eigenvalue weighted by atomic mass is 35.5. The molecule has 2 rings (SSSR count). The van der Waals surface area contributed by atoms with Crippen molar-refractivity contribution in [2.45, 2.75) is 19.3 Å². The van der Waals surface area contributed by atoms with E-state index in [1.54, 1.807) is 6.07 Å². The molecule has 1 aromatic rings. The van der Waals surface area contributed by atoms with Crippen LogP contribution < -0.4 is 10.6 Å². The van der Waals surface area contributed by atoms with Gasteiger partial charge in [-0.3, -0.25) is 5.41 Å². The minimum Gasteiger partial charge on any atom is -0.384 e. The van der Waals surface area contributed by atoms with Crippen molar-refractivity contribution in [3.8, 4) is 0 Å². The van der Waals surface area contributed by atoms with E-state index in [4.69, 9.17) is 22.7 Å². The number of halogens is 1. The lowest BCUT2D eigenvalue weighted by Gasteiger charge is -2.30. The lowest BCUT2D eigenvalue weighted by atomic mass is 10.1. The molecule has 86 valence electrons. The molecule has 0 saturated carbocycles. The summed E-state index contributed by atoms with van der Waals surface area (Å²) in [6.07, 6.45) is 3.71. The van der Waals surface area contributed by atoms with Gasteiger partial charge >= 0.3 is 0 Å². The van der Waals surface area contributed by atoms with Crippen LogP contribution in [0.3, 0.4) is 0 Å². The molecule has 1 aromatic carbocycles. The van der Waals surface area contributed by atoms with Gasteiger partial charge in [-0.1, -0.05) is 11.6 Å². The molecule has 0 aromatic heterocycles. The Labute approximate surface area is 101 Å². The largest absolute Gasteiger partial charge is 0.384 e. The molecule has 1 saturated heterocycles. The van der Waals surface area contributed by atoms with Crippen molar-refractivity contribution in [2.24, 2.45) is 5.73 Å². The van der Waals surface area contributed by atoms with Gasteiger partial charge < -0.3 is 10.6 Å². The van der Waals surface area contributed by atoms with E-state index >= 15 is 0 Å². The summed E-state index contributed by atoms with van der Waals surface area (Å²) >= 11 is 5.93. The van der Waals surface area contributed by atoms with Gasteiger partial charge in [0.05, 0.1) is 0 Å². The monoisotopic (exact) mass is 237 g/mol. The maximum Gasteiger partial charge on any atom is 0.124 e. The fourth-order valence-corrected chi connectivity index (χ4v) is 2.31. The summed E-state index contributed by atoms with van der Waals surface area (Å²) < 4.78 is 0. The number of amidine groups is 1. The quantitative estimate of drug-likeness (QED) is 0.614. The Morgan fingerprint density at radius 1 is 1.25 bits per heavy atom. The number of nitrogens with one attached hydrogen (secondary N) is 1. The first-order chi connectivity index (χ1) is 7.68. The fourth-order valence-electron chi connectivity index (χ4n) is 2.13. The third kappa shape index (κ3) is 2.30. The zero-order valence-corrected chi connectivity index (χ0v) is 9.93. The molecule has 0 atom stereocenters. The van der Waals surface area contributed by atoms with Crippen LogP contribution in [-0.2, 0) is 0 Å². The van der Waals surface area contributed by atoms with Crippen LogP contribution in [0.1, 0.15) is 24.8 Å². The summed E-state index contributed by atoms with van der Waals surface area (Å²) in [5.74, 6) is 0.0862. The minimum atomic E-state index is 0.0862. The number of benzene rings is 1. The van der Waals surface area contributed by atoms with E-state index in [0.29, 0.717) is 5.02 Å². The molecule has 3 nitrogen and oxygen atoms in total. The standard InChI is InChI=1S/C12H16ClN3/c13-9-4-5-11(10(8-9)12(14)15)16-6-2-1-3-7-16/h4-5,8H,1-3,6-7H2,(H3,14,15). The van der Waals surface area contributed by atoms with Crippen LogP contribution in [0.15, 0.2) is 18.2 Å². The van der Waals surface area contributed by atoms with Gasteiger partial charge in [0.2, 0.25) is 0 Å². The minimum absolute atomic E-state index is 0.0862. The summed E-state index contributed by atoms with van der Waals surface area (Å²) in [5, 5.41) is 8.21. The molecule has 0 unspecified atom stereocenters. The summed E-state index contributed by atoms with van der Waals surface area (Å²) in [4.78, 5) is 2.29. The Hall–Kier alpha value is -1.22. The zero-order chi connectivity index (χ0) is 11.5. The Morgan fingerprint density at radius 3 is 2.56 bits per heavy atom. The number of nitrogens with zero attached hydrogens (tertiary/aromatic N) is 1. The van der Waals surface area contributed by atoms with Crippen molar-refractivity contribution < 1.29 is 0 Å². The molecule has 0 bridgehead atoms. The second-order valence-electron chi connectivity index (χ2n) is 4.12. The lowest BCUT2D eigenvalue weighted by molar-refractivity contribution is 0.577. The predicted molar refractivity (Wildman–Crippen MR) is 68.5 cm³/mol. The van der Waals surface area contributed by atoms with Crippen molar-refractivity contribution in [1.82, 2.24) is 0 Å². The van der Waals surface area contributed by atoms with Gasteiger partial charge in [-0.15, -0.1) is 0 Å². The molecule has 3 N–H and O–H groups in total. The summed E-state index contributed by atoms with van der Waals surface area (Å²) in [6.45, 7) is 2.09. The number of anilines is 1. The fraction of sp³-hybridized carbons (Fsp3) is 0.417. The average molecular weight is 238 g/mol. The molecule has 0 aliphatic carbocycles. The molecule has 0 radical (unpaired) electrons. The molecular formula is C12H16ClN3. The van der Waals surface area contributed by atoms with Crippen molar-refractivity contribution in [2.75, 3.05) is 18.0 Å². The highest BCUT2D eigenvalue weighted by molar-refractivity contribution is 6.31. The second-order valence-corrected chi connectivity index (χ2v) is 4.56. The van der Waals surface area contributed by atoms with E-state index < -0.39 is 0 Å². The Bertz CT molecular complexity index is 397.